The van der Waals surface area contributed by atoms with E-state index in [2.05, 4.69) is 28.6 Å². The first kappa shape index (κ1) is 27.6. The first-order valence-corrected chi connectivity index (χ1v) is 9.95. The first-order valence-electron chi connectivity index (χ1n) is 9.32. The number of nitrogens with two attached hydrogens (primary N) is 2. The van der Waals surface area contributed by atoms with E-state index in [1.807, 2.05) is 6.92 Å². The lowest BCUT2D eigenvalue weighted by atomic mass is 9.98. The molecule has 0 aromatic rings. The van der Waals surface area contributed by atoms with Crippen LogP contribution in [0.4, 0.5) is 0 Å². The van der Waals surface area contributed by atoms with Crippen LogP contribution in [-0.4, -0.2) is 75.8 Å². The Hall–Kier alpha value is -2.38. The average Bonchev–Trinajstić information content (AvgIpc) is 2.66. The minimum atomic E-state index is -1.53. The Morgan fingerprint density at radius 2 is 1.50 bits per heavy atom. The Kier molecular flexibility index (Phi) is 12.0. The van der Waals surface area contributed by atoms with Crippen LogP contribution in [0.15, 0.2) is 0 Å². The molecular weight excluding hydrogens is 418 g/mol. The van der Waals surface area contributed by atoms with Gasteiger partial charge < -0.3 is 37.6 Å². The number of carbonyl (C=O) groups excluding carboxylic acids is 4. The fourth-order valence-corrected chi connectivity index (χ4v) is 2.54. The molecule has 12 nitrogen and oxygen atoms in total. The van der Waals surface area contributed by atoms with Crippen molar-refractivity contribution in [1.29, 1.82) is 0 Å². The summed E-state index contributed by atoms with van der Waals surface area (Å²) >= 11 is 3.81. The number of thiol groups is 1. The molecule has 0 fully saturated rings. The lowest BCUT2D eigenvalue weighted by molar-refractivity contribution is -0.142. The molecule has 0 aliphatic carbocycles. The minimum Gasteiger partial charge on any atom is -0.480 e. The van der Waals surface area contributed by atoms with E-state index in [4.69, 9.17) is 16.6 Å². The number of aliphatic hydroxyl groups excluding tert-OH is 1. The summed E-state index contributed by atoms with van der Waals surface area (Å²) in [6.07, 6.45) is -1.39. The van der Waals surface area contributed by atoms with Gasteiger partial charge in [0.15, 0.2) is 0 Å². The van der Waals surface area contributed by atoms with Crippen LogP contribution >= 0.6 is 12.6 Å². The number of primary amides is 1. The zero-order chi connectivity index (χ0) is 23.6. The molecule has 0 saturated carbocycles. The Morgan fingerprint density at radius 1 is 0.967 bits per heavy atom. The summed E-state index contributed by atoms with van der Waals surface area (Å²) in [7, 11) is 0. The van der Waals surface area contributed by atoms with Gasteiger partial charge in [-0.15, -0.1) is 0 Å². The van der Waals surface area contributed by atoms with Crippen molar-refractivity contribution in [1.82, 2.24) is 16.0 Å². The Morgan fingerprint density at radius 3 is 1.90 bits per heavy atom. The van der Waals surface area contributed by atoms with Crippen molar-refractivity contribution in [3.63, 3.8) is 0 Å². The van der Waals surface area contributed by atoms with Crippen molar-refractivity contribution in [2.75, 3.05) is 5.75 Å². The van der Waals surface area contributed by atoms with Crippen LogP contribution in [-0.2, 0) is 24.0 Å². The van der Waals surface area contributed by atoms with Crippen molar-refractivity contribution in [3.8, 4) is 0 Å². The zero-order valence-electron chi connectivity index (χ0n) is 17.1. The van der Waals surface area contributed by atoms with Gasteiger partial charge in [0.1, 0.15) is 18.1 Å². The van der Waals surface area contributed by atoms with Crippen molar-refractivity contribution >= 4 is 42.2 Å². The Labute approximate surface area is 179 Å². The second-order valence-electron chi connectivity index (χ2n) is 6.95. The summed E-state index contributed by atoms with van der Waals surface area (Å²) < 4.78 is 0. The predicted octanol–water partition coefficient (Wildman–Crippen LogP) is -2.92. The number of carboxylic acid groups (broad SMARTS) is 1. The van der Waals surface area contributed by atoms with Crippen LogP contribution in [0.3, 0.4) is 0 Å². The van der Waals surface area contributed by atoms with Gasteiger partial charge >= 0.3 is 5.97 Å². The summed E-state index contributed by atoms with van der Waals surface area (Å²) in [5.41, 5.74) is 10.9. The van der Waals surface area contributed by atoms with Crippen LogP contribution in [0.1, 0.15) is 33.6 Å². The summed E-state index contributed by atoms with van der Waals surface area (Å²) in [5, 5.41) is 25.6. The summed E-state index contributed by atoms with van der Waals surface area (Å²) in [6.45, 7) is 4.82. The number of hydrogen-bond donors (Lipinski definition) is 8. The van der Waals surface area contributed by atoms with Gasteiger partial charge in [-0.25, -0.2) is 4.79 Å². The molecule has 0 aromatic heterocycles. The van der Waals surface area contributed by atoms with E-state index in [0.29, 0.717) is 6.42 Å². The molecule has 0 aromatic carbocycles. The standard InChI is InChI=1S/C17H31N5O7S/c1-4-7(2)12(19)15(26)22-13(8(3)23)16(27)20-9(5-11(18)24)14(25)21-10(6-30)17(28)29/h7-10,12-13,23,30H,4-6,19H2,1-3H3,(H2,18,24)(H,20,27)(H,21,25)(H,22,26)(H,28,29). The third kappa shape index (κ3) is 8.97. The van der Waals surface area contributed by atoms with Gasteiger partial charge in [-0.2, -0.15) is 12.6 Å². The maximum atomic E-state index is 12.6. The van der Waals surface area contributed by atoms with Crippen LogP contribution in [0, 0.1) is 5.92 Å². The van der Waals surface area contributed by atoms with E-state index in [1.165, 1.54) is 6.92 Å². The summed E-state index contributed by atoms with van der Waals surface area (Å²) in [6, 6.07) is -5.30. The van der Waals surface area contributed by atoms with Crippen molar-refractivity contribution in [2.24, 2.45) is 17.4 Å². The lowest BCUT2D eigenvalue weighted by Gasteiger charge is -2.26. The molecule has 0 aliphatic rings. The van der Waals surface area contributed by atoms with Gasteiger partial charge in [-0.05, 0) is 12.8 Å². The number of carboxylic acids is 1. The largest absolute Gasteiger partial charge is 0.480 e. The van der Waals surface area contributed by atoms with Crippen LogP contribution in [0.2, 0.25) is 0 Å². The number of carbonyl (C=O) groups is 5. The third-order valence-corrected chi connectivity index (χ3v) is 4.82. The molecule has 172 valence electrons. The molecule has 0 aliphatic heterocycles. The lowest BCUT2D eigenvalue weighted by Crippen LogP contribution is -2.60. The van der Waals surface area contributed by atoms with Crippen molar-refractivity contribution in [2.45, 2.75) is 63.9 Å². The predicted molar refractivity (Wildman–Crippen MR) is 110 cm³/mol. The average molecular weight is 450 g/mol. The maximum Gasteiger partial charge on any atom is 0.327 e. The molecule has 0 spiro atoms. The summed E-state index contributed by atoms with van der Waals surface area (Å²) in [5.74, 6) is -5.38. The van der Waals surface area contributed by atoms with Gasteiger partial charge in [0.05, 0.1) is 18.6 Å². The van der Waals surface area contributed by atoms with Gasteiger partial charge in [-0.3, -0.25) is 19.2 Å². The molecule has 6 unspecified atom stereocenters. The fourth-order valence-electron chi connectivity index (χ4n) is 2.30. The highest BCUT2D eigenvalue weighted by atomic mass is 32.1. The number of amides is 4. The molecule has 0 rings (SSSR count). The number of nitrogens with one attached hydrogen (secondary N) is 3. The van der Waals surface area contributed by atoms with E-state index in [9.17, 15) is 29.1 Å². The quantitative estimate of drug-likeness (QED) is 0.136. The van der Waals surface area contributed by atoms with E-state index in [-0.39, 0.29) is 11.7 Å². The number of hydrogen-bond acceptors (Lipinski definition) is 8. The summed E-state index contributed by atoms with van der Waals surface area (Å²) in [4.78, 5) is 59.5. The molecule has 9 N–H and O–H groups in total. The number of aliphatic carboxylic acids is 1. The van der Waals surface area contributed by atoms with Crippen LogP contribution in [0.25, 0.3) is 0 Å². The van der Waals surface area contributed by atoms with Gasteiger partial charge in [0.2, 0.25) is 23.6 Å². The molecule has 13 heteroatoms. The van der Waals surface area contributed by atoms with Gasteiger partial charge in [0, 0.05) is 5.75 Å². The van der Waals surface area contributed by atoms with Crippen LogP contribution < -0.4 is 27.4 Å². The smallest absolute Gasteiger partial charge is 0.327 e. The SMILES string of the molecule is CCC(C)C(N)C(=O)NC(C(=O)NC(CC(N)=O)C(=O)NC(CS)C(=O)O)C(C)O. The van der Waals surface area contributed by atoms with Crippen molar-refractivity contribution in [3.05, 3.63) is 0 Å². The van der Waals surface area contributed by atoms with E-state index >= 15 is 0 Å². The van der Waals surface area contributed by atoms with E-state index < -0.39 is 66.3 Å². The van der Waals surface area contributed by atoms with E-state index in [0.717, 1.165) is 0 Å². The topological polar surface area (TPSA) is 214 Å². The second-order valence-corrected chi connectivity index (χ2v) is 7.32. The molecule has 0 saturated heterocycles. The molecule has 0 radical (unpaired) electrons. The third-order valence-electron chi connectivity index (χ3n) is 4.46. The van der Waals surface area contributed by atoms with E-state index in [1.54, 1.807) is 6.92 Å². The maximum absolute atomic E-state index is 12.6. The molecule has 0 heterocycles. The highest BCUT2D eigenvalue weighted by Gasteiger charge is 2.33. The number of aliphatic hydroxyl groups is 1. The van der Waals surface area contributed by atoms with Gasteiger partial charge in [0.25, 0.3) is 0 Å². The normalized spacial score (nSPS) is 16.9. The second kappa shape index (κ2) is 13.0. The monoisotopic (exact) mass is 449 g/mol. The van der Waals surface area contributed by atoms with Gasteiger partial charge in [-0.1, -0.05) is 20.3 Å². The molecule has 6 atom stereocenters. The van der Waals surface area contributed by atoms with Crippen molar-refractivity contribution < 1.29 is 34.2 Å². The van der Waals surface area contributed by atoms with Crippen LogP contribution in [0.5, 0.6) is 0 Å². The highest BCUT2D eigenvalue weighted by Crippen LogP contribution is 2.07. The molecule has 0 bridgehead atoms. The highest BCUT2D eigenvalue weighted by molar-refractivity contribution is 7.80. The molecule has 30 heavy (non-hydrogen) atoms. The minimum absolute atomic E-state index is 0.190. The number of rotatable bonds is 13. The fraction of sp³-hybridized carbons (Fsp3) is 0.706. The Bertz CT molecular complexity index is 646. The molecule has 4 amide bonds. The molecular formula is C17H31N5O7S. The Balaban J connectivity index is 5.40. The zero-order valence-corrected chi connectivity index (χ0v) is 18.0. The first-order chi connectivity index (χ1) is 13.8.